The molecule has 0 aliphatic carbocycles. The van der Waals surface area contributed by atoms with E-state index in [1.165, 1.54) is 5.56 Å². The van der Waals surface area contributed by atoms with Crippen LogP contribution < -0.4 is 15.5 Å². The van der Waals surface area contributed by atoms with Gasteiger partial charge < -0.3 is 15.5 Å². The summed E-state index contributed by atoms with van der Waals surface area (Å²) >= 11 is 0. The number of anilines is 2. The molecule has 0 unspecified atom stereocenters. The molecule has 0 fully saturated rings. The van der Waals surface area contributed by atoms with Crippen molar-refractivity contribution in [2.24, 2.45) is 0 Å². The van der Waals surface area contributed by atoms with Crippen LogP contribution in [0.5, 0.6) is 0 Å². The molecule has 5 nitrogen and oxygen atoms in total. The summed E-state index contributed by atoms with van der Waals surface area (Å²) < 4.78 is 0. The van der Waals surface area contributed by atoms with Crippen molar-refractivity contribution in [2.45, 2.75) is 26.7 Å². The maximum Gasteiger partial charge on any atom is 0.251 e. The zero-order valence-electron chi connectivity index (χ0n) is 15.9. The van der Waals surface area contributed by atoms with Gasteiger partial charge in [0.2, 0.25) is 5.91 Å². The molecule has 5 heteroatoms. The fourth-order valence-corrected chi connectivity index (χ4v) is 2.63. The van der Waals surface area contributed by atoms with E-state index in [0.717, 1.165) is 5.69 Å². The lowest BCUT2D eigenvalue weighted by atomic mass is 10.0. The Bertz CT molecular complexity index is 771. The molecule has 0 aromatic heterocycles. The van der Waals surface area contributed by atoms with Gasteiger partial charge in [-0.2, -0.15) is 0 Å². The van der Waals surface area contributed by atoms with E-state index in [0.29, 0.717) is 23.7 Å². The number of amides is 2. The third-order valence-corrected chi connectivity index (χ3v) is 4.10. The minimum atomic E-state index is -0.147. The summed E-state index contributed by atoms with van der Waals surface area (Å²) in [7, 11) is 1.89. The number of rotatable bonds is 7. The highest BCUT2D eigenvalue weighted by molar-refractivity contribution is 5.98. The van der Waals surface area contributed by atoms with Gasteiger partial charge in [-0.15, -0.1) is 0 Å². The average molecular weight is 353 g/mol. The van der Waals surface area contributed by atoms with Crippen molar-refractivity contribution >= 4 is 23.2 Å². The van der Waals surface area contributed by atoms with Crippen molar-refractivity contribution in [3.8, 4) is 0 Å². The number of hydrogen-bond donors (Lipinski definition) is 2. The first-order valence-corrected chi connectivity index (χ1v) is 8.90. The molecule has 0 aliphatic heterocycles. The van der Waals surface area contributed by atoms with Gasteiger partial charge >= 0.3 is 0 Å². The van der Waals surface area contributed by atoms with Crippen LogP contribution in [0.2, 0.25) is 0 Å². The molecule has 0 atom stereocenters. The van der Waals surface area contributed by atoms with Crippen LogP contribution in [-0.4, -0.2) is 32.0 Å². The van der Waals surface area contributed by atoms with Gasteiger partial charge in [0.05, 0.1) is 6.54 Å². The Morgan fingerprint density at radius 1 is 1.08 bits per heavy atom. The molecule has 138 valence electrons. The van der Waals surface area contributed by atoms with Crippen LogP contribution >= 0.6 is 0 Å². The maximum atomic E-state index is 12.4. The standard InChI is InChI=1S/C21H27N3O2/c1-5-22-21(26)17-9-6-10-18(12-17)23-20(25)14-24(4)19-11-7-8-16(13-19)15(2)3/h6-13,15H,5,14H2,1-4H3,(H,22,26)(H,23,25). The maximum absolute atomic E-state index is 12.4. The molecule has 0 saturated carbocycles. The predicted molar refractivity (Wildman–Crippen MR) is 107 cm³/mol. The smallest absolute Gasteiger partial charge is 0.251 e. The van der Waals surface area contributed by atoms with Crippen molar-refractivity contribution in [2.75, 3.05) is 30.4 Å². The largest absolute Gasteiger partial charge is 0.365 e. The molecule has 0 spiro atoms. The average Bonchev–Trinajstić information content (AvgIpc) is 2.62. The lowest BCUT2D eigenvalue weighted by Crippen LogP contribution is -2.30. The molecule has 2 aromatic rings. The Labute approximate surface area is 155 Å². The fraction of sp³-hybridized carbons (Fsp3) is 0.333. The van der Waals surface area contributed by atoms with Gasteiger partial charge in [-0.05, 0) is 48.7 Å². The first-order chi connectivity index (χ1) is 12.4. The lowest BCUT2D eigenvalue weighted by molar-refractivity contribution is -0.114. The number of hydrogen-bond acceptors (Lipinski definition) is 3. The zero-order chi connectivity index (χ0) is 19.1. The van der Waals surface area contributed by atoms with Gasteiger partial charge in [-0.25, -0.2) is 0 Å². The highest BCUT2D eigenvalue weighted by Gasteiger charge is 2.11. The molecule has 0 saturated heterocycles. The SMILES string of the molecule is CCNC(=O)c1cccc(NC(=O)CN(C)c2cccc(C(C)C)c2)c1. The number of carbonyl (C=O) groups excluding carboxylic acids is 2. The number of carbonyl (C=O) groups is 2. The minimum Gasteiger partial charge on any atom is -0.365 e. The molecule has 0 bridgehead atoms. The molecular formula is C21H27N3O2. The van der Waals surface area contributed by atoms with Gasteiger partial charge in [-0.3, -0.25) is 9.59 Å². The molecule has 2 N–H and O–H groups in total. The second kappa shape index (κ2) is 9.04. The summed E-state index contributed by atoms with van der Waals surface area (Å²) in [6, 6.07) is 15.1. The Hall–Kier alpha value is -2.82. The normalized spacial score (nSPS) is 10.5. The Morgan fingerprint density at radius 2 is 1.81 bits per heavy atom. The summed E-state index contributed by atoms with van der Waals surface area (Å²) in [5.74, 6) is 0.163. The van der Waals surface area contributed by atoms with Crippen LogP contribution in [0.3, 0.4) is 0 Å². The lowest BCUT2D eigenvalue weighted by Gasteiger charge is -2.20. The molecule has 0 radical (unpaired) electrons. The van der Waals surface area contributed by atoms with Crippen LogP contribution in [0.15, 0.2) is 48.5 Å². The molecule has 0 aliphatic rings. The Kier molecular flexibility index (Phi) is 6.78. The monoisotopic (exact) mass is 353 g/mol. The summed E-state index contributed by atoms with van der Waals surface area (Å²) in [6.45, 7) is 6.96. The van der Waals surface area contributed by atoms with Crippen LogP contribution in [0.1, 0.15) is 42.6 Å². The topological polar surface area (TPSA) is 61.4 Å². The number of nitrogens with zero attached hydrogens (tertiary/aromatic N) is 1. The van der Waals surface area contributed by atoms with Gasteiger partial charge in [-0.1, -0.05) is 32.0 Å². The van der Waals surface area contributed by atoms with Crippen LogP contribution in [0.25, 0.3) is 0 Å². The van der Waals surface area contributed by atoms with E-state index in [4.69, 9.17) is 0 Å². The van der Waals surface area contributed by atoms with Gasteiger partial charge in [0.25, 0.3) is 5.91 Å². The molecule has 2 amide bonds. The minimum absolute atomic E-state index is 0.129. The van der Waals surface area contributed by atoms with Crippen molar-refractivity contribution in [1.82, 2.24) is 5.32 Å². The number of benzene rings is 2. The van der Waals surface area contributed by atoms with E-state index in [2.05, 4.69) is 36.6 Å². The first kappa shape index (κ1) is 19.5. The van der Waals surface area contributed by atoms with Crippen molar-refractivity contribution in [3.63, 3.8) is 0 Å². The van der Waals surface area contributed by atoms with Crippen molar-refractivity contribution in [1.29, 1.82) is 0 Å². The van der Waals surface area contributed by atoms with Crippen molar-refractivity contribution in [3.05, 3.63) is 59.7 Å². The quantitative estimate of drug-likeness (QED) is 0.799. The molecule has 2 aromatic carbocycles. The van der Waals surface area contributed by atoms with E-state index in [1.54, 1.807) is 24.3 Å². The van der Waals surface area contributed by atoms with Gasteiger partial charge in [0, 0.05) is 30.5 Å². The van der Waals surface area contributed by atoms with E-state index in [1.807, 2.05) is 31.0 Å². The summed E-state index contributed by atoms with van der Waals surface area (Å²) in [4.78, 5) is 26.2. The number of nitrogens with one attached hydrogen (secondary N) is 2. The van der Waals surface area contributed by atoms with E-state index < -0.39 is 0 Å². The molecule has 0 heterocycles. The second-order valence-corrected chi connectivity index (χ2v) is 6.59. The highest BCUT2D eigenvalue weighted by Crippen LogP contribution is 2.21. The van der Waals surface area contributed by atoms with Crippen LogP contribution in [0.4, 0.5) is 11.4 Å². The van der Waals surface area contributed by atoms with E-state index in [-0.39, 0.29) is 18.4 Å². The van der Waals surface area contributed by atoms with Gasteiger partial charge in [0.1, 0.15) is 0 Å². The van der Waals surface area contributed by atoms with Gasteiger partial charge in [0.15, 0.2) is 0 Å². The van der Waals surface area contributed by atoms with Crippen LogP contribution in [-0.2, 0) is 4.79 Å². The van der Waals surface area contributed by atoms with E-state index in [9.17, 15) is 9.59 Å². The molecule has 26 heavy (non-hydrogen) atoms. The Morgan fingerprint density at radius 3 is 2.50 bits per heavy atom. The summed E-state index contributed by atoms with van der Waals surface area (Å²) in [6.07, 6.45) is 0. The highest BCUT2D eigenvalue weighted by atomic mass is 16.2. The van der Waals surface area contributed by atoms with E-state index >= 15 is 0 Å². The van der Waals surface area contributed by atoms with Crippen molar-refractivity contribution < 1.29 is 9.59 Å². The predicted octanol–water partition coefficient (Wildman–Crippen LogP) is 3.63. The Balaban J connectivity index is 2.01. The summed E-state index contributed by atoms with van der Waals surface area (Å²) in [5, 5.41) is 5.61. The third kappa shape index (κ3) is 5.34. The summed E-state index contributed by atoms with van der Waals surface area (Å²) in [5.41, 5.74) is 3.39. The molecule has 2 rings (SSSR count). The number of likely N-dealkylation sites (N-methyl/N-ethyl adjacent to an activating group) is 1. The fourth-order valence-electron chi connectivity index (χ4n) is 2.63. The zero-order valence-corrected chi connectivity index (χ0v) is 15.9. The van der Waals surface area contributed by atoms with Crippen LogP contribution in [0, 0.1) is 0 Å². The third-order valence-electron chi connectivity index (χ3n) is 4.10. The first-order valence-electron chi connectivity index (χ1n) is 8.90. The second-order valence-electron chi connectivity index (χ2n) is 6.59. The molecular weight excluding hydrogens is 326 g/mol.